The summed E-state index contributed by atoms with van der Waals surface area (Å²) in [5.74, 6) is 0.791. The normalized spacial score (nSPS) is 28.8. The Hall–Kier alpha value is -0.510. The van der Waals surface area contributed by atoms with Crippen molar-refractivity contribution >= 4 is 28.9 Å². The standard InChI is InChI=1S/C10H11Cl2N3/c11-8-1-7(3-14-10(8)12)15-4-6-2-13-9(6)5-15/h1,3,6,9,13H,2,4-5H2/t6?,9-/m1/s1. The monoisotopic (exact) mass is 243 g/mol. The topological polar surface area (TPSA) is 28.2 Å². The fraction of sp³-hybridized carbons (Fsp3) is 0.500. The molecule has 0 bridgehead atoms. The van der Waals surface area contributed by atoms with E-state index in [0.29, 0.717) is 16.2 Å². The molecule has 15 heavy (non-hydrogen) atoms. The third-order valence-corrected chi connectivity index (χ3v) is 3.92. The number of aromatic nitrogens is 1. The predicted molar refractivity (Wildman–Crippen MR) is 61.8 cm³/mol. The zero-order valence-corrected chi connectivity index (χ0v) is 9.59. The molecule has 1 N–H and O–H groups in total. The summed E-state index contributed by atoms with van der Waals surface area (Å²) in [5, 5.41) is 4.32. The molecule has 0 amide bonds. The molecule has 80 valence electrons. The number of hydrogen-bond acceptors (Lipinski definition) is 3. The van der Waals surface area contributed by atoms with Crippen molar-refractivity contribution in [3.63, 3.8) is 0 Å². The molecule has 0 aromatic carbocycles. The van der Waals surface area contributed by atoms with Crippen molar-refractivity contribution in [3.05, 3.63) is 22.4 Å². The summed E-state index contributed by atoms with van der Waals surface area (Å²) >= 11 is 11.7. The molecule has 1 aromatic heterocycles. The summed E-state index contributed by atoms with van der Waals surface area (Å²) in [7, 11) is 0. The van der Waals surface area contributed by atoms with Gasteiger partial charge in [0.2, 0.25) is 0 Å². The van der Waals surface area contributed by atoms with Crippen molar-refractivity contribution in [2.45, 2.75) is 6.04 Å². The molecule has 1 aromatic rings. The van der Waals surface area contributed by atoms with Gasteiger partial charge in [-0.15, -0.1) is 0 Å². The van der Waals surface area contributed by atoms with E-state index in [1.807, 2.05) is 6.07 Å². The summed E-state index contributed by atoms with van der Waals surface area (Å²) in [6, 6.07) is 2.54. The van der Waals surface area contributed by atoms with E-state index in [0.717, 1.165) is 31.2 Å². The smallest absolute Gasteiger partial charge is 0.147 e. The van der Waals surface area contributed by atoms with Crippen LogP contribution in [0, 0.1) is 5.92 Å². The molecule has 2 saturated heterocycles. The largest absolute Gasteiger partial charge is 0.368 e. The summed E-state index contributed by atoms with van der Waals surface area (Å²) < 4.78 is 0. The minimum Gasteiger partial charge on any atom is -0.368 e. The molecule has 5 heteroatoms. The molecule has 3 rings (SSSR count). The van der Waals surface area contributed by atoms with Crippen molar-refractivity contribution in [1.82, 2.24) is 10.3 Å². The van der Waals surface area contributed by atoms with Crippen molar-refractivity contribution in [2.24, 2.45) is 5.92 Å². The Morgan fingerprint density at radius 3 is 2.80 bits per heavy atom. The molecule has 0 spiro atoms. The van der Waals surface area contributed by atoms with Gasteiger partial charge < -0.3 is 10.2 Å². The van der Waals surface area contributed by atoms with E-state index < -0.39 is 0 Å². The lowest BCUT2D eigenvalue weighted by Gasteiger charge is -2.29. The number of anilines is 1. The van der Waals surface area contributed by atoms with Crippen LogP contribution >= 0.6 is 23.2 Å². The van der Waals surface area contributed by atoms with E-state index >= 15 is 0 Å². The molecule has 0 aliphatic carbocycles. The van der Waals surface area contributed by atoms with Crippen molar-refractivity contribution in [1.29, 1.82) is 0 Å². The lowest BCUT2D eigenvalue weighted by molar-refractivity contribution is 0.297. The third kappa shape index (κ3) is 1.59. The molecule has 2 aliphatic rings. The van der Waals surface area contributed by atoms with E-state index in [4.69, 9.17) is 23.2 Å². The van der Waals surface area contributed by atoms with Crippen LogP contribution in [0.3, 0.4) is 0 Å². The number of pyridine rings is 1. The Morgan fingerprint density at radius 1 is 1.40 bits per heavy atom. The number of nitrogens with zero attached hydrogens (tertiary/aromatic N) is 2. The van der Waals surface area contributed by atoms with Crippen molar-refractivity contribution in [2.75, 3.05) is 24.5 Å². The Bertz CT molecular complexity index is 384. The molecular weight excluding hydrogens is 233 g/mol. The maximum Gasteiger partial charge on any atom is 0.147 e. The van der Waals surface area contributed by atoms with E-state index in [1.54, 1.807) is 6.20 Å². The third-order valence-electron chi connectivity index (χ3n) is 3.23. The Kier molecular flexibility index (Phi) is 2.27. The molecule has 1 unspecified atom stereocenters. The van der Waals surface area contributed by atoms with E-state index in [1.165, 1.54) is 0 Å². The van der Waals surface area contributed by atoms with Gasteiger partial charge in [-0.25, -0.2) is 4.98 Å². The average Bonchev–Trinajstić information content (AvgIpc) is 2.48. The Morgan fingerprint density at radius 2 is 2.27 bits per heavy atom. The van der Waals surface area contributed by atoms with E-state index in [2.05, 4.69) is 15.2 Å². The SMILES string of the molecule is Clc1cc(N2CC3CN[C@@H]3C2)cnc1Cl. The van der Waals surface area contributed by atoms with Gasteiger partial charge in [0.05, 0.1) is 16.9 Å². The maximum atomic E-state index is 5.94. The second kappa shape index (κ2) is 3.51. The first-order chi connectivity index (χ1) is 7.24. The number of nitrogens with one attached hydrogen (secondary N) is 1. The van der Waals surface area contributed by atoms with Crippen LogP contribution in [0.4, 0.5) is 5.69 Å². The first kappa shape index (κ1) is 9.70. The average molecular weight is 244 g/mol. The first-order valence-corrected chi connectivity index (χ1v) is 5.79. The highest BCUT2D eigenvalue weighted by molar-refractivity contribution is 6.41. The number of hydrogen-bond donors (Lipinski definition) is 1. The number of halogens is 2. The van der Waals surface area contributed by atoms with Crippen LogP contribution in [0.2, 0.25) is 10.2 Å². The van der Waals surface area contributed by atoms with Gasteiger partial charge in [0.25, 0.3) is 0 Å². The van der Waals surface area contributed by atoms with Gasteiger partial charge >= 0.3 is 0 Å². The molecular formula is C10H11Cl2N3. The highest BCUT2D eigenvalue weighted by atomic mass is 35.5. The zero-order valence-electron chi connectivity index (χ0n) is 8.08. The van der Waals surface area contributed by atoms with Crippen LogP contribution in [0.15, 0.2) is 12.3 Å². The van der Waals surface area contributed by atoms with Gasteiger partial charge in [0.15, 0.2) is 0 Å². The Labute approximate surface area is 98.4 Å². The molecule has 0 saturated carbocycles. The van der Waals surface area contributed by atoms with Crippen molar-refractivity contribution < 1.29 is 0 Å². The van der Waals surface area contributed by atoms with Crippen LogP contribution < -0.4 is 10.2 Å². The first-order valence-electron chi connectivity index (χ1n) is 5.03. The van der Waals surface area contributed by atoms with Crippen LogP contribution in [0.1, 0.15) is 0 Å². The zero-order chi connectivity index (χ0) is 10.4. The molecule has 2 fully saturated rings. The van der Waals surface area contributed by atoms with Crippen LogP contribution in [-0.4, -0.2) is 30.7 Å². The highest BCUT2D eigenvalue weighted by Crippen LogP contribution is 2.30. The Balaban J connectivity index is 1.84. The van der Waals surface area contributed by atoms with Gasteiger partial charge in [0, 0.05) is 31.6 Å². The van der Waals surface area contributed by atoms with Crippen LogP contribution in [0.25, 0.3) is 0 Å². The molecule has 3 heterocycles. The predicted octanol–water partition coefficient (Wildman–Crippen LogP) is 1.80. The summed E-state index contributed by atoms with van der Waals surface area (Å²) in [5.41, 5.74) is 1.07. The van der Waals surface area contributed by atoms with Gasteiger partial charge in [-0.2, -0.15) is 0 Å². The molecule has 2 atom stereocenters. The quantitative estimate of drug-likeness (QED) is 0.763. The summed E-state index contributed by atoms with van der Waals surface area (Å²) in [6.07, 6.45) is 1.79. The number of fused-ring (bicyclic) bond motifs is 1. The second-order valence-electron chi connectivity index (χ2n) is 4.15. The summed E-state index contributed by atoms with van der Waals surface area (Å²) in [6.45, 7) is 3.28. The number of rotatable bonds is 1. The van der Waals surface area contributed by atoms with Crippen molar-refractivity contribution in [3.8, 4) is 0 Å². The molecule has 3 nitrogen and oxygen atoms in total. The molecule has 0 radical (unpaired) electrons. The summed E-state index contributed by atoms with van der Waals surface area (Å²) in [4.78, 5) is 6.38. The maximum absolute atomic E-state index is 5.94. The second-order valence-corrected chi connectivity index (χ2v) is 4.91. The van der Waals surface area contributed by atoms with Gasteiger partial charge in [-0.1, -0.05) is 23.2 Å². The minimum atomic E-state index is 0.376. The fourth-order valence-corrected chi connectivity index (χ4v) is 2.51. The highest BCUT2D eigenvalue weighted by Gasteiger charge is 2.39. The van der Waals surface area contributed by atoms with E-state index in [9.17, 15) is 0 Å². The fourth-order valence-electron chi connectivity index (χ4n) is 2.25. The van der Waals surface area contributed by atoms with E-state index in [-0.39, 0.29) is 0 Å². The van der Waals surface area contributed by atoms with Crippen LogP contribution in [0.5, 0.6) is 0 Å². The van der Waals surface area contributed by atoms with Gasteiger partial charge in [-0.05, 0) is 6.07 Å². The van der Waals surface area contributed by atoms with Crippen LogP contribution in [-0.2, 0) is 0 Å². The minimum absolute atomic E-state index is 0.376. The lowest BCUT2D eigenvalue weighted by atomic mass is 9.96. The molecule has 2 aliphatic heterocycles. The van der Waals surface area contributed by atoms with Gasteiger partial charge in [0.1, 0.15) is 5.15 Å². The lowest BCUT2D eigenvalue weighted by Crippen LogP contribution is -2.51. The van der Waals surface area contributed by atoms with Gasteiger partial charge in [-0.3, -0.25) is 0 Å².